The first-order chi connectivity index (χ1) is 5.00. The van der Waals surface area contributed by atoms with Crippen LogP contribution in [0.4, 0.5) is 4.39 Å². The molecule has 0 amide bonds. The van der Waals surface area contributed by atoms with E-state index in [1.807, 2.05) is 0 Å². The van der Waals surface area contributed by atoms with Crippen LogP contribution in [0.2, 0.25) is 0 Å². The van der Waals surface area contributed by atoms with E-state index >= 15 is 0 Å². The first kappa shape index (κ1) is 8.46. The summed E-state index contributed by atoms with van der Waals surface area (Å²) in [6.45, 7) is 0. The highest BCUT2D eigenvalue weighted by Gasteiger charge is 2.12. The van der Waals surface area contributed by atoms with Gasteiger partial charge in [0.1, 0.15) is 5.83 Å². The summed E-state index contributed by atoms with van der Waals surface area (Å²) in [5, 5.41) is 0. The SMILES string of the molecule is CS(=O)(=O)C1=CCCC(F)=C1. The fourth-order valence-electron chi connectivity index (χ4n) is 0.896. The van der Waals surface area contributed by atoms with Gasteiger partial charge in [-0.25, -0.2) is 12.8 Å². The summed E-state index contributed by atoms with van der Waals surface area (Å²) in [7, 11) is -3.21. The second kappa shape index (κ2) is 2.77. The van der Waals surface area contributed by atoms with Gasteiger partial charge in [0.05, 0.1) is 4.91 Å². The van der Waals surface area contributed by atoms with Crippen molar-refractivity contribution < 1.29 is 12.8 Å². The minimum Gasteiger partial charge on any atom is -0.224 e. The van der Waals surface area contributed by atoms with E-state index in [0.717, 1.165) is 12.3 Å². The first-order valence-corrected chi connectivity index (χ1v) is 5.15. The molecule has 0 atom stereocenters. The molecule has 0 saturated heterocycles. The second-order valence-corrected chi connectivity index (χ2v) is 4.52. The molecule has 0 heterocycles. The third kappa shape index (κ3) is 2.15. The zero-order valence-corrected chi connectivity index (χ0v) is 6.99. The third-order valence-electron chi connectivity index (χ3n) is 1.46. The zero-order chi connectivity index (χ0) is 8.48. The lowest BCUT2D eigenvalue weighted by atomic mass is 10.2. The number of sulfone groups is 1. The molecule has 1 rings (SSSR count). The molecule has 0 unspecified atom stereocenters. The first-order valence-electron chi connectivity index (χ1n) is 3.26. The van der Waals surface area contributed by atoms with E-state index in [9.17, 15) is 12.8 Å². The van der Waals surface area contributed by atoms with E-state index in [1.165, 1.54) is 0 Å². The molecule has 1 aliphatic rings. The van der Waals surface area contributed by atoms with Crippen LogP contribution in [0, 0.1) is 0 Å². The van der Waals surface area contributed by atoms with E-state index in [-0.39, 0.29) is 10.7 Å². The number of hydrogen-bond donors (Lipinski definition) is 0. The van der Waals surface area contributed by atoms with E-state index in [4.69, 9.17) is 0 Å². The molecule has 0 aliphatic heterocycles. The van der Waals surface area contributed by atoms with E-state index < -0.39 is 9.84 Å². The summed E-state index contributed by atoms with van der Waals surface area (Å²) >= 11 is 0. The van der Waals surface area contributed by atoms with Crippen molar-refractivity contribution in [2.75, 3.05) is 6.26 Å². The molecule has 0 fully saturated rings. The van der Waals surface area contributed by atoms with E-state index in [1.54, 1.807) is 6.08 Å². The largest absolute Gasteiger partial charge is 0.224 e. The quantitative estimate of drug-likeness (QED) is 0.607. The van der Waals surface area contributed by atoms with Crippen molar-refractivity contribution in [1.29, 1.82) is 0 Å². The normalized spacial score (nSPS) is 19.1. The Morgan fingerprint density at radius 1 is 1.55 bits per heavy atom. The van der Waals surface area contributed by atoms with Crippen LogP contribution in [0.25, 0.3) is 0 Å². The highest BCUT2D eigenvalue weighted by molar-refractivity contribution is 7.94. The maximum absolute atomic E-state index is 12.5. The fraction of sp³-hybridized carbons (Fsp3) is 0.429. The molecule has 62 valence electrons. The zero-order valence-electron chi connectivity index (χ0n) is 6.17. The molecule has 2 nitrogen and oxygen atoms in total. The second-order valence-electron chi connectivity index (χ2n) is 2.51. The highest BCUT2D eigenvalue weighted by Crippen LogP contribution is 2.20. The number of halogens is 1. The van der Waals surface area contributed by atoms with Gasteiger partial charge in [-0.1, -0.05) is 6.08 Å². The third-order valence-corrected chi connectivity index (χ3v) is 2.60. The van der Waals surface area contributed by atoms with Crippen molar-refractivity contribution in [1.82, 2.24) is 0 Å². The van der Waals surface area contributed by atoms with Crippen molar-refractivity contribution >= 4 is 9.84 Å². The monoisotopic (exact) mass is 176 g/mol. The molecule has 0 aromatic rings. The van der Waals surface area contributed by atoms with Crippen molar-refractivity contribution in [3.63, 3.8) is 0 Å². The van der Waals surface area contributed by atoms with Crippen LogP contribution in [-0.2, 0) is 9.84 Å². The molecule has 11 heavy (non-hydrogen) atoms. The number of allylic oxidation sites excluding steroid dienone is 3. The Morgan fingerprint density at radius 3 is 2.55 bits per heavy atom. The molecule has 4 heteroatoms. The van der Waals surface area contributed by atoms with Crippen molar-refractivity contribution in [2.24, 2.45) is 0 Å². The van der Waals surface area contributed by atoms with Crippen LogP contribution in [0.5, 0.6) is 0 Å². The van der Waals surface area contributed by atoms with Gasteiger partial charge in [-0.3, -0.25) is 0 Å². The van der Waals surface area contributed by atoms with Gasteiger partial charge in [0, 0.05) is 12.7 Å². The highest BCUT2D eigenvalue weighted by atomic mass is 32.2. The molecule has 0 saturated carbocycles. The summed E-state index contributed by atoms with van der Waals surface area (Å²) in [5.41, 5.74) is 0. The van der Waals surface area contributed by atoms with Gasteiger partial charge in [0.2, 0.25) is 0 Å². The summed E-state index contributed by atoms with van der Waals surface area (Å²) in [5.74, 6) is -0.354. The van der Waals surface area contributed by atoms with Gasteiger partial charge >= 0.3 is 0 Å². The van der Waals surface area contributed by atoms with Crippen LogP contribution in [0.15, 0.2) is 22.9 Å². The Labute approximate surface area is 65.3 Å². The van der Waals surface area contributed by atoms with Crippen molar-refractivity contribution in [3.05, 3.63) is 22.9 Å². The van der Waals surface area contributed by atoms with Gasteiger partial charge in [0.25, 0.3) is 0 Å². The Hall–Kier alpha value is -0.640. The molecule has 0 spiro atoms. The predicted octanol–water partition coefficient (Wildman–Crippen LogP) is 1.56. The van der Waals surface area contributed by atoms with Crippen LogP contribution in [0.1, 0.15) is 12.8 Å². The van der Waals surface area contributed by atoms with Gasteiger partial charge in [0.15, 0.2) is 9.84 Å². The maximum atomic E-state index is 12.5. The fourth-order valence-corrected chi connectivity index (χ4v) is 1.66. The standard InChI is InChI=1S/C7H9FO2S/c1-11(9,10)7-4-2-3-6(8)5-7/h4-5H,2-3H2,1H3. The summed E-state index contributed by atoms with van der Waals surface area (Å²) in [6, 6.07) is 0. The Bertz CT molecular complexity index is 311. The van der Waals surface area contributed by atoms with Crippen molar-refractivity contribution in [3.8, 4) is 0 Å². The van der Waals surface area contributed by atoms with Crippen LogP contribution in [0.3, 0.4) is 0 Å². The van der Waals surface area contributed by atoms with Gasteiger partial charge in [-0.2, -0.15) is 0 Å². The maximum Gasteiger partial charge on any atom is 0.175 e. The van der Waals surface area contributed by atoms with Crippen molar-refractivity contribution in [2.45, 2.75) is 12.8 Å². The molecule has 1 aliphatic carbocycles. The lowest BCUT2D eigenvalue weighted by Gasteiger charge is -2.05. The average Bonchev–Trinajstić information content (AvgIpc) is 1.86. The van der Waals surface area contributed by atoms with Gasteiger partial charge < -0.3 is 0 Å². The smallest absolute Gasteiger partial charge is 0.175 e. The molecule has 0 radical (unpaired) electrons. The lowest BCUT2D eigenvalue weighted by molar-refractivity contribution is 0.582. The molecule has 0 aromatic carbocycles. The molecule has 0 aromatic heterocycles. The van der Waals surface area contributed by atoms with Gasteiger partial charge in [-0.15, -0.1) is 0 Å². The molecular weight excluding hydrogens is 167 g/mol. The Kier molecular flexibility index (Phi) is 2.13. The molecular formula is C7H9FO2S. The van der Waals surface area contributed by atoms with Crippen LogP contribution in [-0.4, -0.2) is 14.7 Å². The summed E-state index contributed by atoms with van der Waals surface area (Å²) in [4.78, 5) is 0.0984. The van der Waals surface area contributed by atoms with Crippen LogP contribution >= 0.6 is 0 Å². The van der Waals surface area contributed by atoms with E-state index in [0.29, 0.717) is 12.8 Å². The summed E-state index contributed by atoms with van der Waals surface area (Å²) < 4.78 is 34.2. The van der Waals surface area contributed by atoms with E-state index in [2.05, 4.69) is 0 Å². The summed E-state index contributed by atoms with van der Waals surface area (Å²) in [6.07, 6.45) is 4.49. The average molecular weight is 176 g/mol. The minimum atomic E-state index is -3.21. The topological polar surface area (TPSA) is 34.1 Å². The predicted molar refractivity (Wildman–Crippen MR) is 41.4 cm³/mol. The number of hydrogen-bond acceptors (Lipinski definition) is 2. The Balaban J connectivity index is 3.01. The number of rotatable bonds is 1. The molecule has 0 N–H and O–H groups in total. The molecule has 0 bridgehead atoms. The van der Waals surface area contributed by atoms with Gasteiger partial charge in [-0.05, 0) is 12.5 Å². The minimum absolute atomic E-state index is 0.0984. The Morgan fingerprint density at radius 2 is 2.18 bits per heavy atom. The van der Waals surface area contributed by atoms with Crippen LogP contribution < -0.4 is 0 Å². The lowest BCUT2D eigenvalue weighted by Crippen LogP contribution is -2.01.